The van der Waals surface area contributed by atoms with Crippen molar-refractivity contribution in [3.8, 4) is 5.75 Å². The molecule has 0 atom stereocenters. The molecule has 1 amide bonds. The van der Waals surface area contributed by atoms with Crippen molar-refractivity contribution in [2.75, 3.05) is 11.9 Å². The average molecular weight is 266 g/mol. The van der Waals surface area contributed by atoms with E-state index in [9.17, 15) is 14.9 Å². The van der Waals surface area contributed by atoms with Crippen LogP contribution in [0.4, 0.5) is 11.4 Å². The molecule has 0 aliphatic rings. The number of ether oxygens (including phenoxy) is 1. The number of rotatable bonds is 6. The van der Waals surface area contributed by atoms with E-state index < -0.39 is 4.92 Å². The molecule has 1 aromatic carbocycles. The number of nitrogens with zero attached hydrogens (tertiary/aromatic N) is 1. The third-order valence-corrected chi connectivity index (χ3v) is 2.34. The smallest absolute Gasteiger partial charge is 0.296 e. The third kappa shape index (κ3) is 4.57. The third-order valence-electron chi connectivity index (χ3n) is 2.34. The molecule has 19 heavy (non-hydrogen) atoms. The lowest BCUT2D eigenvalue weighted by atomic mass is 10.1. The van der Waals surface area contributed by atoms with E-state index in [0.29, 0.717) is 18.8 Å². The molecule has 0 aromatic heterocycles. The lowest BCUT2D eigenvalue weighted by Crippen LogP contribution is -2.14. The van der Waals surface area contributed by atoms with Gasteiger partial charge >= 0.3 is 0 Å². The summed E-state index contributed by atoms with van der Waals surface area (Å²) in [6.07, 6.45) is 0.324. The molecule has 0 unspecified atom stereocenters. The van der Waals surface area contributed by atoms with Crippen LogP contribution in [0.1, 0.15) is 27.2 Å². The zero-order valence-electron chi connectivity index (χ0n) is 11.3. The fraction of sp³-hybridized carbons (Fsp3) is 0.462. The first-order valence-electron chi connectivity index (χ1n) is 6.15. The van der Waals surface area contributed by atoms with Gasteiger partial charge in [-0.1, -0.05) is 13.8 Å². The first-order valence-corrected chi connectivity index (χ1v) is 6.15. The molecule has 1 aromatic rings. The minimum atomic E-state index is -0.534. The Kier molecular flexibility index (Phi) is 5.29. The van der Waals surface area contributed by atoms with Crippen LogP contribution in [0.15, 0.2) is 18.2 Å². The summed E-state index contributed by atoms with van der Waals surface area (Å²) in [5.74, 6) is 0.375. The second kappa shape index (κ2) is 6.72. The van der Waals surface area contributed by atoms with Crippen molar-refractivity contribution in [3.63, 3.8) is 0 Å². The van der Waals surface area contributed by atoms with Crippen LogP contribution in [-0.2, 0) is 4.79 Å². The Balaban J connectivity index is 2.93. The van der Waals surface area contributed by atoms with Gasteiger partial charge in [-0.05, 0) is 25.0 Å². The van der Waals surface area contributed by atoms with E-state index >= 15 is 0 Å². The van der Waals surface area contributed by atoms with E-state index in [0.717, 1.165) is 0 Å². The maximum atomic E-state index is 11.6. The van der Waals surface area contributed by atoms with Gasteiger partial charge < -0.3 is 10.1 Å². The second-order valence-corrected chi connectivity index (χ2v) is 4.52. The van der Waals surface area contributed by atoms with Crippen molar-refractivity contribution >= 4 is 17.3 Å². The average Bonchev–Trinajstić information content (AvgIpc) is 2.30. The molecule has 6 heteroatoms. The molecule has 0 saturated carbocycles. The number of hydrogen-bond acceptors (Lipinski definition) is 4. The Morgan fingerprint density at radius 3 is 2.68 bits per heavy atom. The normalized spacial score (nSPS) is 10.3. The van der Waals surface area contributed by atoms with Gasteiger partial charge in [0.05, 0.1) is 17.6 Å². The molecule has 1 N–H and O–H groups in total. The molecule has 0 spiro atoms. The van der Waals surface area contributed by atoms with E-state index in [4.69, 9.17) is 4.74 Å². The molecule has 0 aliphatic heterocycles. The summed E-state index contributed by atoms with van der Waals surface area (Å²) in [6, 6.07) is 4.40. The van der Waals surface area contributed by atoms with Crippen LogP contribution in [0.2, 0.25) is 0 Å². The topological polar surface area (TPSA) is 81.5 Å². The molecule has 0 fully saturated rings. The molecule has 0 bridgehead atoms. The fourth-order valence-corrected chi connectivity index (χ4v) is 1.60. The monoisotopic (exact) mass is 266 g/mol. The number of anilines is 1. The van der Waals surface area contributed by atoms with Crippen molar-refractivity contribution in [1.29, 1.82) is 0 Å². The Labute approximate surface area is 111 Å². The maximum absolute atomic E-state index is 11.6. The number of benzene rings is 1. The van der Waals surface area contributed by atoms with Crippen LogP contribution >= 0.6 is 0 Å². The minimum absolute atomic E-state index is 0.164. The van der Waals surface area contributed by atoms with Crippen LogP contribution in [-0.4, -0.2) is 17.4 Å². The molecule has 104 valence electrons. The van der Waals surface area contributed by atoms with Crippen molar-refractivity contribution in [2.45, 2.75) is 27.2 Å². The van der Waals surface area contributed by atoms with E-state index in [1.54, 1.807) is 13.0 Å². The van der Waals surface area contributed by atoms with Gasteiger partial charge in [0.2, 0.25) is 5.91 Å². The first kappa shape index (κ1) is 14.9. The quantitative estimate of drug-likeness (QED) is 0.634. The van der Waals surface area contributed by atoms with Gasteiger partial charge in [0.15, 0.2) is 0 Å². The molecule has 0 aliphatic carbocycles. The number of nitro groups is 1. The van der Waals surface area contributed by atoms with Crippen LogP contribution < -0.4 is 10.1 Å². The molecule has 0 saturated heterocycles. The van der Waals surface area contributed by atoms with Crippen molar-refractivity contribution in [3.05, 3.63) is 28.3 Å². The predicted molar refractivity (Wildman–Crippen MR) is 72.4 cm³/mol. The number of nitro benzene ring substituents is 1. The second-order valence-electron chi connectivity index (χ2n) is 4.52. The summed E-state index contributed by atoms with van der Waals surface area (Å²) in [6.45, 7) is 6.04. The molecule has 0 heterocycles. The molecule has 0 radical (unpaired) electrons. The summed E-state index contributed by atoms with van der Waals surface area (Å²) in [7, 11) is 0. The van der Waals surface area contributed by atoms with Crippen LogP contribution in [0.25, 0.3) is 0 Å². The molecule has 1 rings (SSSR count). The maximum Gasteiger partial charge on any atom is 0.296 e. The Bertz CT molecular complexity index is 472. The van der Waals surface area contributed by atoms with E-state index in [2.05, 4.69) is 5.32 Å². The summed E-state index contributed by atoms with van der Waals surface area (Å²) < 4.78 is 5.20. The zero-order valence-corrected chi connectivity index (χ0v) is 11.3. The van der Waals surface area contributed by atoms with E-state index in [1.807, 2.05) is 13.8 Å². The largest absolute Gasteiger partial charge is 0.494 e. The van der Waals surface area contributed by atoms with Gasteiger partial charge in [-0.2, -0.15) is 0 Å². The van der Waals surface area contributed by atoms with Gasteiger partial charge in [-0.25, -0.2) is 0 Å². The Morgan fingerprint density at radius 1 is 1.47 bits per heavy atom. The van der Waals surface area contributed by atoms with Crippen LogP contribution in [0, 0.1) is 16.0 Å². The molecule has 6 nitrogen and oxygen atoms in total. The van der Waals surface area contributed by atoms with E-state index in [1.165, 1.54) is 12.1 Å². The lowest BCUT2D eigenvalue weighted by molar-refractivity contribution is -0.384. The highest BCUT2D eigenvalue weighted by Gasteiger charge is 2.17. The van der Waals surface area contributed by atoms with Crippen LogP contribution in [0.3, 0.4) is 0 Å². The first-order chi connectivity index (χ1) is 8.93. The minimum Gasteiger partial charge on any atom is -0.494 e. The van der Waals surface area contributed by atoms with Gasteiger partial charge in [0.25, 0.3) is 5.69 Å². The Hall–Kier alpha value is -2.11. The van der Waals surface area contributed by atoms with E-state index in [-0.39, 0.29) is 23.2 Å². The summed E-state index contributed by atoms with van der Waals surface area (Å²) >= 11 is 0. The molecular formula is C13H18N2O4. The van der Waals surface area contributed by atoms with Gasteiger partial charge in [-0.3, -0.25) is 14.9 Å². The van der Waals surface area contributed by atoms with Gasteiger partial charge in [-0.15, -0.1) is 0 Å². The summed E-state index contributed by atoms with van der Waals surface area (Å²) in [4.78, 5) is 22.1. The van der Waals surface area contributed by atoms with Crippen molar-refractivity contribution in [1.82, 2.24) is 0 Å². The Morgan fingerprint density at radius 2 is 2.16 bits per heavy atom. The number of hydrogen-bond donors (Lipinski definition) is 1. The number of nitrogens with one attached hydrogen (secondary N) is 1. The van der Waals surface area contributed by atoms with Gasteiger partial charge in [0.1, 0.15) is 11.4 Å². The highest BCUT2D eigenvalue weighted by atomic mass is 16.6. The van der Waals surface area contributed by atoms with Crippen LogP contribution in [0.5, 0.6) is 5.75 Å². The highest BCUT2D eigenvalue weighted by molar-refractivity contribution is 5.93. The summed E-state index contributed by atoms with van der Waals surface area (Å²) in [5, 5.41) is 13.5. The van der Waals surface area contributed by atoms with Crippen molar-refractivity contribution < 1.29 is 14.5 Å². The van der Waals surface area contributed by atoms with Gasteiger partial charge in [0, 0.05) is 6.42 Å². The fourth-order valence-electron chi connectivity index (χ4n) is 1.60. The summed E-state index contributed by atoms with van der Waals surface area (Å²) in [5.41, 5.74) is 0.0298. The molecular weight excluding hydrogens is 248 g/mol. The number of amides is 1. The highest BCUT2D eigenvalue weighted by Crippen LogP contribution is 2.29. The SMILES string of the molecule is CCOc1ccc(NC(=O)CC(C)C)c([N+](=O)[O-])c1. The standard InChI is InChI=1S/C13H18N2O4/c1-4-19-10-5-6-11(12(8-10)15(17)18)14-13(16)7-9(2)3/h5-6,8-9H,4,7H2,1-3H3,(H,14,16). The lowest BCUT2D eigenvalue weighted by Gasteiger charge is -2.09. The number of carbonyl (C=O) groups excluding carboxylic acids is 1. The number of carbonyl (C=O) groups is 1. The zero-order chi connectivity index (χ0) is 14.4. The van der Waals surface area contributed by atoms with Crippen molar-refractivity contribution in [2.24, 2.45) is 5.92 Å². The predicted octanol–water partition coefficient (Wildman–Crippen LogP) is 2.98.